The van der Waals surface area contributed by atoms with Crippen molar-refractivity contribution in [1.82, 2.24) is 9.80 Å². The van der Waals surface area contributed by atoms with Gasteiger partial charge in [-0.1, -0.05) is 23.9 Å². The molecule has 5 nitrogen and oxygen atoms in total. The van der Waals surface area contributed by atoms with Gasteiger partial charge in [0, 0.05) is 49.4 Å². The Balaban J connectivity index is 1.49. The molecule has 1 aromatic carbocycles. The zero-order valence-electron chi connectivity index (χ0n) is 14.7. The Morgan fingerprint density at radius 2 is 1.96 bits per heavy atom. The molecule has 0 amide bonds. The molecule has 0 saturated carbocycles. The van der Waals surface area contributed by atoms with Gasteiger partial charge in [-0.2, -0.15) is 0 Å². The monoisotopic (exact) mass is 387 g/mol. The van der Waals surface area contributed by atoms with E-state index < -0.39 is 0 Å². The normalized spacial score (nSPS) is 17.1. The molecule has 136 valence electrons. The van der Waals surface area contributed by atoms with Crippen molar-refractivity contribution in [2.75, 3.05) is 39.3 Å². The van der Waals surface area contributed by atoms with E-state index in [0.717, 1.165) is 44.2 Å². The third-order valence-corrected chi connectivity index (χ3v) is 6.69. The lowest BCUT2D eigenvalue weighted by Crippen LogP contribution is -2.49. The number of carbonyl (C=O) groups excluding carboxylic acids is 1. The number of amidine groups is 1. The van der Waals surface area contributed by atoms with E-state index in [1.54, 1.807) is 23.1 Å². The van der Waals surface area contributed by atoms with Gasteiger partial charge >= 0.3 is 5.97 Å². The number of fused-ring (bicyclic) bond motifs is 2. The highest BCUT2D eigenvalue weighted by Gasteiger charge is 2.26. The van der Waals surface area contributed by atoms with Crippen LogP contribution in [-0.2, 0) is 9.53 Å². The molecule has 0 N–H and O–H groups in total. The zero-order valence-corrected chi connectivity index (χ0v) is 16.3. The van der Waals surface area contributed by atoms with Gasteiger partial charge in [-0.25, -0.2) is 4.99 Å². The molecule has 26 heavy (non-hydrogen) atoms. The Hall–Kier alpha value is -1.83. The third-order valence-electron chi connectivity index (χ3n) is 4.53. The summed E-state index contributed by atoms with van der Waals surface area (Å²) in [5.41, 5.74) is 1.05. The molecule has 3 heterocycles. The Kier molecular flexibility index (Phi) is 5.28. The van der Waals surface area contributed by atoms with Crippen LogP contribution in [0, 0.1) is 0 Å². The number of hydrogen-bond acceptors (Lipinski definition) is 7. The van der Waals surface area contributed by atoms with Gasteiger partial charge in [-0.05, 0) is 23.6 Å². The molecule has 2 aliphatic heterocycles. The number of rotatable bonds is 3. The first-order valence-corrected chi connectivity index (χ1v) is 10.4. The number of esters is 1. The summed E-state index contributed by atoms with van der Waals surface area (Å²) in [6.45, 7) is 6.49. The van der Waals surface area contributed by atoms with E-state index in [4.69, 9.17) is 9.73 Å². The molecular weight excluding hydrogens is 366 g/mol. The van der Waals surface area contributed by atoms with Crippen molar-refractivity contribution in [1.29, 1.82) is 0 Å². The van der Waals surface area contributed by atoms with Crippen molar-refractivity contribution in [3.63, 3.8) is 0 Å². The molecule has 0 atom stereocenters. The van der Waals surface area contributed by atoms with Crippen LogP contribution in [0.5, 0.6) is 0 Å². The maximum atomic E-state index is 10.9. The van der Waals surface area contributed by atoms with Gasteiger partial charge in [0.15, 0.2) is 0 Å². The molecule has 1 aromatic heterocycles. The van der Waals surface area contributed by atoms with Crippen LogP contribution in [0.4, 0.5) is 5.69 Å². The Bertz CT molecular complexity index is 826. The summed E-state index contributed by atoms with van der Waals surface area (Å²) in [6.07, 6.45) is 0. The fourth-order valence-corrected chi connectivity index (χ4v) is 5.26. The van der Waals surface area contributed by atoms with Crippen LogP contribution in [-0.4, -0.2) is 60.9 Å². The number of hydrogen-bond donors (Lipinski definition) is 0. The van der Waals surface area contributed by atoms with E-state index in [9.17, 15) is 4.79 Å². The van der Waals surface area contributed by atoms with Gasteiger partial charge in [-0.3, -0.25) is 9.69 Å². The van der Waals surface area contributed by atoms with E-state index >= 15 is 0 Å². The summed E-state index contributed by atoms with van der Waals surface area (Å²) in [5.74, 6) is 0.880. The van der Waals surface area contributed by atoms with Crippen LogP contribution in [0.2, 0.25) is 0 Å². The van der Waals surface area contributed by atoms with Crippen molar-refractivity contribution in [2.24, 2.45) is 4.99 Å². The van der Waals surface area contributed by atoms with Gasteiger partial charge < -0.3 is 9.64 Å². The summed E-state index contributed by atoms with van der Waals surface area (Å²) in [7, 11) is 0. The molecule has 0 aliphatic carbocycles. The molecule has 0 unspecified atom stereocenters. The summed E-state index contributed by atoms with van der Waals surface area (Å²) in [4.78, 5) is 24.4. The predicted molar refractivity (Wildman–Crippen MR) is 106 cm³/mol. The molecule has 0 bridgehead atoms. The molecule has 4 rings (SSSR count). The van der Waals surface area contributed by atoms with Crippen molar-refractivity contribution in [3.05, 3.63) is 40.6 Å². The number of para-hydroxylation sites is 1. The smallest absolute Gasteiger partial charge is 0.302 e. The molecule has 0 spiro atoms. The molecule has 0 radical (unpaired) electrons. The van der Waals surface area contributed by atoms with Gasteiger partial charge in [-0.15, -0.1) is 11.3 Å². The number of piperazine rings is 1. The average Bonchev–Trinajstić information content (AvgIpc) is 3.03. The Morgan fingerprint density at radius 3 is 2.77 bits per heavy atom. The minimum Gasteiger partial charge on any atom is -0.465 e. The molecule has 7 heteroatoms. The molecular formula is C19H21N3O2S2. The largest absolute Gasteiger partial charge is 0.465 e. The van der Waals surface area contributed by atoms with Crippen LogP contribution in [0.1, 0.15) is 11.8 Å². The summed E-state index contributed by atoms with van der Waals surface area (Å²) >= 11 is 3.57. The van der Waals surface area contributed by atoms with Crippen LogP contribution in [0.25, 0.3) is 0 Å². The first kappa shape index (κ1) is 17.6. The highest BCUT2D eigenvalue weighted by molar-refractivity contribution is 7.99. The number of aliphatic imine (C=N–C) groups is 1. The zero-order chi connectivity index (χ0) is 17.9. The van der Waals surface area contributed by atoms with E-state index in [2.05, 4.69) is 39.4 Å². The van der Waals surface area contributed by atoms with Crippen molar-refractivity contribution in [2.45, 2.75) is 16.7 Å². The van der Waals surface area contributed by atoms with Gasteiger partial charge in [0.25, 0.3) is 0 Å². The highest BCUT2D eigenvalue weighted by Crippen LogP contribution is 2.42. The van der Waals surface area contributed by atoms with Gasteiger partial charge in [0.05, 0.1) is 10.6 Å². The lowest BCUT2D eigenvalue weighted by molar-refractivity contribution is -0.141. The maximum Gasteiger partial charge on any atom is 0.302 e. The second-order valence-electron chi connectivity index (χ2n) is 6.29. The molecule has 1 saturated heterocycles. The van der Waals surface area contributed by atoms with Crippen molar-refractivity contribution < 1.29 is 9.53 Å². The Labute approximate surface area is 161 Å². The van der Waals surface area contributed by atoms with Gasteiger partial charge in [0.2, 0.25) is 0 Å². The molecule has 1 fully saturated rings. The number of ether oxygens (including phenoxy) is 1. The van der Waals surface area contributed by atoms with Crippen LogP contribution < -0.4 is 0 Å². The first-order valence-electron chi connectivity index (χ1n) is 8.75. The third kappa shape index (κ3) is 3.79. The average molecular weight is 388 g/mol. The van der Waals surface area contributed by atoms with E-state index in [0.29, 0.717) is 6.61 Å². The number of thiophene rings is 1. The number of carbonyl (C=O) groups is 1. The van der Waals surface area contributed by atoms with Crippen molar-refractivity contribution >= 4 is 40.6 Å². The predicted octanol–water partition coefficient (Wildman–Crippen LogP) is 3.47. The fourth-order valence-electron chi connectivity index (χ4n) is 3.18. The first-order chi connectivity index (χ1) is 12.7. The minimum atomic E-state index is -0.210. The van der Waals surface area contributed by atoms with Crippen LogP contribution >= 0.6 is 23.1 Å². The summed E-state index contributed by atoms with van der Waals surface area (Å²) in [6, 6.07) is 10.5. The SMILES string of the molecule is CC(=O)OCCN1CCN(C2=Nc3ccccc3Sc3ccsc32)CC1. The van der Waals surface area contributed by atoms with Crippen molar-refractivity contribution in [3.8, 4) is 0 Å². The van der Waals surface area contributed by atoms with E-state index in [1.807, 2.05) is 6.07 Å². The van der Waals surface area contributed by atoms with E-state index in [-0.39, 0.29) is 5.97 Å². The number of nitrogens with zero attached hydrogens (tertiary/aromatic N) is 3. The highest BCUT2D eigenvalue weighted by atomic mass is 32.2. The second kappa shape index (κ2) is 7.82. The van der Waals surface area contributed by atoms with Crippen LogP contribution in [0.15, 0.2) is 50.5 Å². The van der Waals surface area contributed by atoms with Gasteiger partial charge in [0.1, 0.15) is 12.4 Å². The minimum absolute atomic E-state index is 0.210. The fraction of sp³-hybridized carbons (Fsp3) is 0.368. The standard InChI is InChI=1S/C19H21N3O2S2/c1-14(23)24-12-11-21-7-9-22(10-8-21)19-18-17(6-13-25-18)26-16-5-3-2-4-15(16)20-19/h2-6,13H,7-12H2,1H3. The maximum absolute atomic E-state index is 10.9. The topological polar surface area (TPSA) is 45.1 Å². The lowest BCUT2D eigenvalue weighted by atomic mass is 10.2. The van der Waals surface area contributed by atoms with E-state index in [1.165, 1.54) is 21.6 Å². The molecule has 2 aromatic rings. The Morgan fingerprint density at radius 1 is 1.15 bits per heavy atom. The molecule has 2 aliphatic rings. The summed E-state index contributed by atoms with van der Waals surface area (Å²) in [5, 5.41) is 2.15. The second-order valence-corrected chi connectivity index (χ2v) is 8.29. The summed E-state index contributed by atoms with van der Waals surface area (Å²) < 4.78 is 5.06. The quantitative estimate of drug-likeness (QED) is 0.755. The van der Waals surface area contributed by atoms with Crippen LogP contribution in [0.3, 0.4) is 0 Å². The number of benzene rings is 1. The lowest BCUT2D eigenvalue weighted by Gasteiger charge is -2.36.